The van der Waals surface area contributed by atoms with E-state index in [-0.39, 0.29) is 12.1 Å². The van der Waals surface area contributed by atoms with Gasteiger partial charge in [-0.25, -0.2) is 0 Å². The van der Waals surface area contributed by atoms with Crippen molar-refractivity contribution < 1.29 is 9.84 Å². The number of β-amino-alcohol motifs (C(OH)–C–C–N with tert-alkyl or cyclic N) is 1. The van der Waals surface area contributed by atoms with Crippen molar-refractivity contribution in [2.45, 2.75) is 25.5 Å². The lowest BCUT2D eigenvalue weighted by atomic mass is 10.0. The molecule has 0 bridgehead atoms. The summed E-state index contributed by atoms with van der Waals surface area (Å²) in [6.45, 7) is 6.79. The van der Waals surface area contributed by atoms with E-state index in [1.807, 2.05) is 24.3 Å². The number of hydrogen-bond donors (Lipinski definition) is 2. The van der Waals surface area contributed by atoms with E-state index in [1.54, 1.807) is 0 Å². The van der Waals surface area contributed by atoms with Gasteiger partial charge in [-0.3, -0.25) is 4.90 Å². The Morgan fingerprint density at radius 3 is 2.57 bits per heavy atom. The number of hydrogen-bond acceptors (Lipinski definition) is 4. The van der Waals surface area contributed by atoms with Gasteiger partial charge in [-0.1, -0.05) is 30.7 Å². The molecule has 0 radical (unpaired) electrons. The minimum Gasteiger partial charge on any atom is -0.390 e. The fourth-order valence-corrected chi connectivity index (χ4v) is 2.74. The number of nitrogens with zero attached hydrogens (tertiary/aromatic N) is 1. The molecule has 2 atom stereocenters. The van der Waals surface area contributed by atoms with Gasteiger partial charge in [-0.2, -0.15) is 0 Å². The molecule has 0 aliphatic carbocycles. The summed E-state index contributed by atoms with van der Waals surface area (Å²) in [6, 6.07) is 8.15. The molecule has 1 heterocycles. The number of aliphatic hydroxyl groups is 1. The number of ether oxygens (including phenoxy) is 1. The van der Waals surface area contributed by atoms with Gasteiger partial charge in [-0.05, 0) is 24.1 Å². The second-order valence-electron chi connectivity index (χ2n) is 5.49. The molecule has 21 heavy (non-hydrogen) atoms. The van der Waals surface area contributed by atoms with Crippen LogP contribution in [0.2, 0.25) is 5.02 Å². The fourth-order valence-electron chi connectivity index (χ4n) is 2.62. The molecule has 118 valence electrons. The second-order valence-corrected chi connectivity index (χ2v) is 5.92. The normalized spacial score (nSPS) is 19.4. The molecule has 4 nitrogen and oxygen atoms in total. The summed E-state index contributed by atoms with van der Waals surface area (Å²) < 4.78 is 5.31. The number of morpholine rings is 1. The van der Waals surface area contributed by atoms with E-state index in [2.05, 4.69) is 17.1 Å². The maximum atomic E-state index is 10.2. The van der Waals surface area contributed by atoms with E-state index in [0.717, 1.165) is 37.7 Å². The van der Waals surface area contributed by atoms with Gasteiger partial charge in [0.1, 0.15) is 0 Å². The lowest BCUT2D eigenvalue weighted by molar-refractivity contribution is 0.0144. The molecule has 1 aliphatic heterocycles. The van der Waals surface area contributed by atoms with E-state index in [1.165, 1.54) is 5.56 Å². The van der Waals surface area contributed by atoms with E-state index in [0.29, 0.717) is 13.1 Å². The summed E-state index contributed by atoms with van der Waals surface area (Å²) in [6.07, 6.45) is 0.621. The molecule has 0 aromatic heterocycles. The summed E-state index contributed by atoms with van der Waals surface area (Å²) in [5, 5.41) is 14.4. The Morgan fingerprint density at radius 1 is 1.29 bits per heavy atom. The van der Waals surface area contributed by atoms with Crippen LogP contribution in [0.15, 0.2) is 24.3 Å². The van der Waals surface area contributed by atoms with Crippen LogP contribution < -0.4 is 5.32 Å². The minimum absolute atomic E-state index is 0.251. The zero-order valence-electron chi connectivity index (χ0n) is 12.6. The summed E-state index contributed by atoms with van der Waals surface area (Å²) in [4.78, 5) is 2.25. The molecule has 2 unspecified atom stereocenters. The zero-order chi connectivity index (χ0) is 15.1. The van der Waals surface area contributed by atoms with E-state index in [9.17, 15) is 5.11 Å². The third-order valence-corrected chi connectivity index (χ3v) is 4.11. The van der Waals surface area contributed by atoms with Crippen LogP contribution in [-0.2, 0) is 4.74 Å². The zero-order valence-corrected chi connectivity index (χ0v) is 13.4. The maximum Gasteiger partial charge on any atom is 0.0791 e. The topological polar surface area (TPSA) is 44.7 Å². The molecule has 0 amide bonds. The molecule has 5 heteroatoms. The van der Waals surface area contributed by atoms with Crippen molar-refractivity contribution in [1.82, 2.24) is 10.2 Å². The van der Waals surface area contributed by atoms with Gasteiger partial charge in [0.2, 0.25) is 0 Å². The highest BCUT2D eigenvalue weighted by Crippen LogP contribution is 2.19. The van der Waals surface area contributed by atoms with Crippen LogP contribution in [0, 0.1) is 0 Å². The second kappa shape index (κ2) is 8.71. The number of rotatable bonds is 7. The van der Waals surface area contributed by atoms with Crippen molar-refractivity contribution in [3.05, 3.63) is 34.9 Å². The molecule has 1 fully saturated rings. The van der Waals surface area contributed by atoms with Crippen molar-refractivity contribution in [3.8, 4) is 0 Å². The van der Waals surface area contributed by atoms with Crippen molar-refractivity contribution in [1.29, 1.82) is 0 Å². The van der Waals surface area contributed by atoms with Crippen LogP contribution in [0.4, 0.5) is 0 Å². The number of aliphatic hydroxyl groups excluding tert-OH is 1. The summed E-state index contributed by atoms with van der Waals surface area (Å²) in [5.41, 5.74) is 1.21. The first kappa shape index (κ1) is 16.7. The molecule has 1 aliphatic rings. The monoisotopic (exact) mass is 312 g/mol. The SMILES string of the molecule is CCC(NCC(O)CN1CCOCC1)c1ccc(Cl)cc1. The fraction of sp³-hybridized carbons (Fsp3) is 0.625. The molecule has 1 aromatic rings. The van der Waals surface area contributed by atoms with Crippen LogP contribution >= 0.6 is 11.6 Å². The van der Waals surface area contributed by atoms with Crippen LogP contribution in [0.3, 0.4) is 0 Å². The predicted molar refractivity (Wildman–Crippen MR) is 85.8 cm³/mol. The minimum atomic E-state index is -0.357. The summed E-state index contributed by atoms with van der Waals surface area (Å²) in [7, 11) is 0. The summed E-state index contributed by atoms with van der Waals surface area (Å²) in [5.74, 6) is 0. The Kier molecular flexibility index (Phi) is 6.93. The highest BCUT2D eigenvalue weighted by molar-refractivity contribution is 6.30. The van der Waals surface area contributed by atoms with Crippen molar-refractivity contribution >= 4 is 11.6 Å². The van der Waals surface area contributed by atoms with Gasteiger partial charge in [-0.15, -0.1) is 0 Å². The van der Waals surface area contributed by atoms with Gasteiger partial charge in [0.05, 0.1) is 19.3 Å². The molecule has 0 spiro atoms. The molecule has 2 rings (SSSR count). The third-order valence-electron chi connectivity index (χ3n) is 3.85. The van der Waals surface area contributed by atoms with E-state index >= 15 is 0 Å². The largest absolute Gasteiger partial charge is 0.390 e. The Morgan fingerprint density at radius 2 is 1.95 bits per heavy atom. The number of benzene rings is 1. The molecule has 0 saturated carbocycles. The van der Waals surface area contributed by atoms with Gasteiger partial charge in [0, 0.05) is 37.2 Å². The first-order valence-electron chi connectivity index (χ1n) is 7.66. The molecular formula is C16H25ClN2O2. The average molecular weight is 313 g/mol. The third kappa shape index (κ3) is 5.57. The average Bonchev–Trinajstić information content (AvgIpc) is 2.50. The first-order chi connectivity index (χ1) is 10.2. The van der Waals surface area contributed by atoms with Crippen molar-refractivity contribution in [3.63, 3.8) is 0 Å². The lowest BCUT2D eigenvalue weighted by Gasteiger charge is -2.29. The Bertz CT molecular complexity index is 407. The smallest absolute Gasteiger partial charge is 0.0791 e. The van der Waals surface area contributed by atoms with Gasteiger partial charge in [0.15, 0.2) is 0 Å². The van der Waals surface area contributed by atoms with Gasteiger partial charge < -0.3 is 15.2 Å². The number of nitrogens with one attached hydrogen (secondary N) is 1. The highest BCUT2D eigenvalue weighted by atomic mass is 35.5. The van der Waals surface area contributed by atoms with E-state index in [4.69, 9.17) is 16.3 Å². The van der Waals surface area contributed by atoms with E-state index < -0.39 is 0 Å². The van der Waals surface area contributed by atoms with Gasteiger partial charge >= 0.3 is 0 Å². The first-order valence-corrected chi connectivity index (χ1v) is 8.04. The van der Waals surface area contributed by atoms with Crippen molar-refractivity contribution in [2.75, 3.05) is 39.4 Å². The van der Waals surface area contributed by atoms with Crippen LogP contribution in [0.5, 0.6) is 0 Å². The quantitative estimate of drug-likeness (QED) is 0.809. The molecule has 1 saturated heterocycles. The molecule has 1 aromatic carbocycles. The van der Waals surface area contributed by atoms with Crippen molar-refractivity contribution in [2.24, 2.45) is 0 Å². The molecule has 2 N–H and O–H groups in total. The summed E-state index contributed by atoms with van der Waals surface area (Å²) >= 11 is 5.92. The van der Waals surface area contributed by atoms with Crippen LogP contribution in [-0.4, -0.2) is 55.5 Å². The Labute approximate surface area is 132 Å². The number of halogens is 1. The lowest BCUT2D eigenvalue weighted by Crippen LogP contribution is -2.44. The molecular weight excluding hydrogens is 288 g/mol. The highest BCUT2D eigenvalue weighted by Gasteiger charge is 2.16. The maximum absolute atomic E-state index is 10.2. The van der Waals surface area contributed by atoms with Crippen LogP contribution in [0.1, 0.15) is 24.9 Å². The Hall–Kier alpha value is -0.650. The van der Waals surface area contributed by atoms with Crippen LogP contribution in [0.25, 0.3) is 0 Å². The van der Waals surface area contributed by atoms with Gasteiger partial charge in [0.25, 0.3) is 0 Å². The predicted octanol–water partition coefficient (Wildman–Crippen LogP) is 2.07. The standard InChI is InChI=1S/C16H25ClN2O2/c1-2-16(13-3-5-14(17)6-4-13)18-11-15(20)12-19-7-9-21-10-8-19/h3-6,15-16,18,20H,2,7-12H2,1H3. The Balaban J connectivity index is 1.77.